The van der Waals surface area contributed by atoms with Crippen LogP contribution in [0.5, 0.6) is 0 Å². The van der Waals surface area contributed by atoms with Gasteiger partial charge in [0.1, 0.15) is 0 Å². The first kappa shape index (κ1) is 13.6. The van der Waals surface area contributed by atoms with E-state index in [4.69, 9.17) is 0 Å². The fourth-order valence-corrected chi connectivity index (χ4v) is 3.69. The number of hydrogen-bond acceptors (Lipinski definition) is 3. The zero-order valence-corrected chi connectivity index (χ0v) is 13.6. The maximum atomic E-state index is 11.5. The number of carbonyl (C=O) groups excluding carboxylic acids is 1. The number of anilines is 2. The molecule has 2 aromatic rings. The molecule has 1 aromatic heterocycles. The van der Waals surface area contributed by atoms with Crippen molar-refractivity contribution in [2.75, 3.05) is 16.8 Å². The second-order valence-corrected chi connectivity index (χ2v) is 7.17. The molecule has 1 aliphatic heterocycles. The minimum atomic E-state index is 0.118. The maximum absolute atomic E-state index is 11.5. The Morgan fingerprint density at radius 2 is 2.30 bits per heavy atom. The Morgan fingerprint density at radius 3 is 3.00 bits per heavy atom. The number of hydrogen-bond donors (Lipinski definition) is 1. The van der Waals surface area contributed by atoms with E-state index >= 15 is 0 Å². The molecule has 2 heterocycles. The summed E-state index contributed by atoms with van der Waals surface area (Å²) in [6.07, 6.45) is 0.939. The zero-order chi connectivity index (χ0) is 14.1. The minimum absolute atomic E-state index is 0.118. The van der Waals surface area contributed by atoms with Crippen LogP contribution in [0.3, 0.4) is 0 Å². The van der Waals surface area contributed by atoms with E-state index in [1.807, 2.05) is 17.0 Å². The van der Waals surface area contributed by atoms with Gasteiger partial charge in [-0.25, -0.2) is 0 Å². The predicted molar refractivity (Wildman–Crippen MR) is 87.5 cm³/mol. The average Bonchev–Trinajstić information content (AvgIpc) is 3.01. The van der Waals surface area contributed by atoms with Crippen molar-refractivity contribution in [3.05, 3.63) is 44.6 Å². The molecule has 3 nitrogen and oxygen atoms in total. The fraction of sp³-hybridized carbons (Fsp3) is 0.267. The van der Waals surface area contributed by atoms with Crippen LogP contribution in [0.4, 0.5) is 11.4 Å². The van der Waals surface area contributed by atoms with Crippen LogP contribution < -0.4 is 10.2 Å². The van der Waals surface area contributed by atoms with Crippen molar-refractivity contribution in [2.45, 2.75) is 19.9 Å². The van der Waals surface area contributed by atoms with Crippen LogP contribution in [0.15, 0.2) is 33.4 Å². The Labute approximate surface area is 130 Å². The molecule has 1 amide bonds. The molecule has 104 valence electrons. The highest BCUT2D eigenvalue weighted by Crippen LogP contribution is 2.30. The quantitative estimate of drug-likeness (QED) is 0.906. The number of carbonyl (C=O) groups is 1. The van der Waals surface area contributed by atoms with Gasteiger partial charge in [-0.3, -0.25) is 4.79 Å². The molecular formula is C15H15BrN2OS. The summed E-state index contributed by atoms with van der Waals surface area (Å²) in [6.45, 7) is 3.23. The van der Waals surface area contributed by atoms with Crippen molar-refractivity contribution in [3.63, 3.8) is 0 Å². The second-order valence-electron chi connectivity index (χ2n) is 4.88. The summed E-state index contributed by atoms with van der Waals surface area (Å²) in [5.74, 6) is 0.118. The molecule has 0 saturated heterocycles. The highest BCUT2D eigenvalue weighted by atomic mass is 79.9. The molecule has 0 saturated carbocycles. The van der Waals surface area contributed by atoms with Gasteiger partial charge in [0, 0.05) is 31.4 Å². The summed E-state index contributed by atoms with van der Waals surface area (Å²) in [5.41, 5.74) is 4.68. The van der Waals surface area contributed by atoms with E-state index in [1.165, 1.54) is 11.1 Å². The van der Waals surface area contributed by atoms with E-state index in [-0.39, 0.29) is 5.91 Å². The van der Waals surface area contributed by atoms with Crippen LogP contribution in [-0.4, -0.2) is 12.5 Å². The molecule has 0 aliphatic carbocycles. The lowest BCUT2D eigenvalue weighted by Crippen LogP contribution is -2.25. The first-order chi connectivity index (χ1) is 9.63. The van der Waals surface area contributed by atoms with Crippen molar-refractivity contribution >= 4 is 44.5 Å². The molecule has 5 heteroatoms. The number of benzene rings is 1. The number of rotatable bonds is 3. The summed E-state index contributed by atoms with van der Waals surface area (Å²) >= 11 is 5.17. The van der Waals surface area contributed by atoms with Crippen molar-refractivity contribution in [1.29, 1.82) is 0 Å². The van der Waals surface area contributed by atoms with E-state index in [2.05, 4.69) is 38.8 Å². The van der Waals surface area contributed by atoms with Crippen LogP contribution in [0.1, 0.15) is 18.1 Å². The van der Waals surface area contributed by atoms with Crippen LogP contribution in [0.25, 0.3) is 0 Å². The number of fused-ring (bicyclic) bond motifs is 1. The lowest BCUT2D eigenvalue weighted by atomic mass is 10.1. The summed E-state index contributed by atoms with van der Waals surface area (Å²) in [5, 5.41) is 5.57. The first-order valence-electron chi connectivity index (χ1n) is 6.51. The molecule has 0 atom stereocenters. The van der Waals surface area contributed by atoms with Crippen molar-refractivity contribution in [1.82, 2.24) is 0 Å². The lowest BCUT2D eigenvalue weighted by molar-refractivity contribution is -0.116. The van der Waals surface area contributed by atoms with Crippen molar-refractivity contribution in [2.24, 2.45) is 0 Å². The van der Waals surface area contributed by atoms with E-state index in [0.717, 1.165) is 34.7 Å². The van der Waals surface area contributed by atoms with Crippen LogP contribution in [-0.2, 0) is 17.8 Å². The standard InChI is InChI=1S/C15H15BrN2OS/c1-10(19)18-5-4-12-7-13(2-3-14(12)18)17-8-11-6-15(16)20-9-11/h2-3,6-7,9,17H,4-5,8H2,1H3. The molecule has 1 aliphatic rings. The van der Waals surface area contributed by atoms with Gasteiger partial charge in [-0.1, -0.05) is 0 Å². The third-order valence-electron chi connectivity index (χ3n) is 3.47. The van der Waals surface area contributed by atoms with Gasteiger partial charge >= 0.3 is 0 Å². The van der Waals surface area contributed by atoms with Gasteiger partial charge < -0.3 is 10.2 Å². The summed E-state index contributed by atoms with van der Waals surface area (Å²) in [7, 11) is 0. The van der Waals surface area contributed by atoms with E-state index in [1.54, 1.807) is 18.3 Å². The topological polar surface area (TPSA) is 32.3 Å². The van der Waals surface area contributed by atoms with Crippen LogP contribution in [0, 0.1) is 0 Å². The van der Waals surface area contributed by atoms with Crippen molar-refractivity contribution in [3.8, 4) is 0 Å². The molecule has 20 heavy (non-hydrogen) atoms. The number of thiophene rings is 1. The highest BCUT2D eigenvalue weighted by Gasteiger charge is 2.21. The Morgan fingerprint density at radius 1 is 1.45 bits per heavy atom. The van der Waals surface area contributed by atoms with Gasteiger partial charge in [-0.15, -0.1) is 11.3 Å². The molecule has 0 bridgehead atoms. The monoisotopic (exact) mass is 350 g/mol. The first-order valence-corrected chi connectivity index (χ1v) is 8.18. The predicted octanol–water partition coefficient (Wildman–Crippen LogP) is 4.03. The lowest BCUT2D eigenvalue weighted by Gasteiger charge is -2.15. The van der Waals surface area contributed by atoms with E-state index < -0.39 is 0 Å². The molecule has 1 aromatic carbocycles. The van der Waals surface area contributed by atoms with E-state index in [0.29, 0.717) is 0 Å². The zero-order valence-electron chi connectivity index (χ0n) is 11.1. The highest BCUT2D eigenvalue weighted by molar-refractivity contribution is 9.11. The smallest absolute Gasteiger partial charge is 0.223 e. The Kier molecular flexibility index (Phi) is 3.81. The number of amides is 1. The summed E-state index contributed by atoms with van der Waals surface area (Å²) < 4.78 is 1.15. The number of nitrogens with zero attached hydrogens (tertiary/aromatic N) is 1. The number of halogens is 1. The average molecular weight is 351 g/mol. The van der Waals surface area contributed by atoms with Gasteiger partial charge in [-0.05, 0) is 63.1 Å². The molecule has 3 rings (SSSR count). The normalized spacial score (nSPS) is 13.4. The SMILES string of the molecule is CC(=O)N1CCc2cc(NCc3csc(Br)c3)ccc21. The van der Waals surface area contributed by atoms with Gasteiger partial charge in [0.25, 0.3) is 0 Å². The van der Waals surface area contributed by atoms with Gasteiger partial charge in [-0.2, -0.15) is 0 Å². The summed E-state index contributed by atoms with van der Waals surface area (Å²) in [4.78, 5) is 13.4. The Hall–Kier alpha value is -1.33. The van der Waals surface area contributed by atoms with Gasteiger partial charge in [0.15, 0.2) is 0 Å². The third kappa shape index (κ3) is 2.74. The van der Waals surface area contributed by atoms with E-state index in [9.17, 15) is 4.79 Å². The molecule has 0 spiro atoms. The summed E-state index contributed by atoms with van der Waals surface area (Å²) in [6, 6.07) is 8.36. The second kappa shape index (κ2) is 5.58. The maximum Gasteiger partial charge on any atom is 0.223 e. The number of nitrogens with one attached hydrogen (secondary N) is 1. The molecule has 0 radical (unpaired) electrons. The Bertz CT molecular complexity index is 653. The van der Waals surface area contributed by atoms with Crippen LogP contribution >= 0.6 is 27.3 Å². The molecule has 0 unspecified atom stereocenters. The van der Waals surface area contributed by atoms with Gasteiger partial charge in [0.05, 0.1) is 3.79 Å². The van der Waals surface area contributed by atoms with Gasteiger partial charge in [0.2, 0.25) is 5.91 Å². The minimum Gasteiger partial charge on any atom is -0.381 e. The molecular weight excluding hydrogens is 336 g/mol. The largest absolute Gasteiger partial charge is 0.381 e. The van der Waals surface area contributed by atoms with Crippen LogP contribution in [0.2, 0.25) is 0 Å². The molecule has 1 N–H and O–H groups in total. The fourth-order valence-electron chi connectivity index (χ4n) is 2.48. The Balaban J connectivity index is 1.72. The third-order valence-corrected chi connectivity index (χ3v) is 5.03. The molecule has 0 fully saturated rings. The van der Waals surface area contributed by atoms with Crippen molar-refractivity contribution < 1.29 is 4.79 Å².